The zero-order valence-corrected chi connectivity index (χ0v) is 9.85. The highest BCUT2D eigenvalue weighted by Crippen LogP contribution is 2.28. The smallest absolute Gasteiger partial charge is 0.279 e. The normalized spacial score (nSPS) is 15.9. The van der Waals surface area contributed by atoms with Crippen LogP contribution < -0.4 is 0 Å². The van der Waals surface area contributed by atoms with Crippen LogP contribution in [0.25, 0.3) is 5.70 Å². The summed E-state index contributed by atoms with van der Waals surface area (Å²) in [6, 6.07) is 6.53. The van der Waals surface area contributed by atoms with Crippen molar-refractivity contribution in [1.82, 2.24) is 4.90 Å². The largest absolute Gasteiger partial charge is 0.301 e. The van der Waals surface area contributed by atoms with Crippen molar-refractivity contribution in [3.63, 3.8) is 0 Å². The van der Waals surface area contributed by atoms with Crippen molar-refractivity contribution < 1.29 is 4.92 Å². The molecule has 19 heavy (non-hydrogen) atoms. The third-order valence-corrected chi connectivity index (χ3v) is 2.79. The van der Waals surface area contributed by atoms with E-state index in [1.165, 1.54) is 6.07 Å². The van der Waals surface area contributed by atoms with E-state index < -0.39 is 4.92 Å². The maximum Gasteiger partial charge on any atom is 0.279 e. The van der Waals surface area contributed by atoms with Gasteiger partial charge in [0.1, 0.15) is 11.5 Å². The van der Waals surface area contributed by atoms with Crippen molar-refractivity contribution in [1.29, 1.82) is 0 Å². The highest BCUT2D eigenvalue weighted by Gasteiger charge is 2.19. The number of amidine groups is 1. The van der Waals surface area contributed by atoms with Crippen LogP contribution in [0, 0.1) is 10.1 Å². The molecule has 0 atom stereocenters. The van der Waals surface area contributed by atoms with Crippen LogP contribution in [-0.4, -0.2) is 15.7 Å². The van der Waals surface area contributed by atoms with E-state index in [0.717, 1.165) is 5.84 Å². The minimum absolute atomic E-state index is 0.0338. The summed E-state index contributed by atoms with van der Waals surface area (Å²) in [5.41, 5.74) is 3.95. The summed E-state index contributed by atoms with van der Waals surface area (Å²) < 4.78 is 0. The number of rotatable bonds is 2. The number of allylic oxidation sites excluding steroid dienone is 2. The Morgan fingerprint density at radius 2 is 2.11 bits per heavy atom. The van der Waals surface area contributed by atoms with E-state index in [1.807, 2.05) is 24.4 Å². The first kappa shape index (κ1) is 11.2. The number of nitrogens with zero attached hydrogens (tertiary/aromatic N) is 3. The minimum Gasteiger partial charge on any atom is -0.301 e. The molecule has 2 aliphatic heterocycles. The van der Waals surface area contributed by atoms with Gasteiger partial charge in [0.25, 0.3) is 5.69 Å². The van der Waals surface area contributed by atoms with Crippen molar-refractivity contribution in [2.24, 2.45) is 4.99 Å². The number of hydrogen-bond donors (Lipinski definition) is 0. The molecule has 0 unspecified atom stereocenters. The van der Waals surface area contributed by atoms with E-state index >= 15 is 0 Å². The highest BCUT2D eigenvalue weighted by molar-refractivity contribution is 6.00. The van der Waals surface area contributed by atoms with Gasteiger partial charge in [-0.2, -0.15) is 0 Å². The van der Waals surface area contributed by atoms with Gasteiger partial charge >= 0.3 is 0 Å². The molecule has 2 aliphatic rings. The number of benzene rings is 1. The lowest BCUT2D eigenvalue weighted by atomic mass is 10.1. The fourth-order valence-corrected chi connectivity index (χ4v) is 1.90. The lowest BCUT2D eigenvalue weighted by molar-refractivity contribution is -0.385. The van der Waals surface area contributed by atoms with E-state index in [-0.39, 0.29) is 5.69 Å². The van der Waals surface area contributed by atoms with Crippen LogP contribution >= 0.6 is 0 Å². The highest BCUT2D eigenvalue weighted by atomic mass is 16.6. The number of para-hydroxylation sites is 1. The molecule has 0 aliphatic carbocycles. The van der Waals surface area contributed by atoms with Gasteiger partial charge in [-0.05, 0) is 18.2 Å². The average molecular weight is 251 g/mol. The second kappa shape index (κ2) is 4.40. The molecule has 0 N–H and O–H groups in total. The molecule has 5 heteroatoms. The Kier molecular flexibility index (Phi) is 2.59. The Morgan fingerprint density at radius 3 is 2.95 bits per heavy atom. The Bertz CT molecular complexity index is 707. The van der Waals surface area contributed by atoms with Crippen molar-refractivity contribution in [2.45, 2.75) is 0 Å². The Balaban J connectivity index is 2.12. The Morgan fingerprint density at radius 1 is 1.26 bits per heavy atom. The van der Waals surface area contributed by atoms with Crippen LogP contribution in [0.5, 0.6) is 0 Å². The number of hydrogen-bond acceptors (Lipinski definition) is 4. The SMILES string of the molecule is O=[N+]([O-])c1ccccc1C1=C=CN2C=CC=CC2=N1. The van der Waals surface area contributed by atoms with E-state index in [1.54, 1.807) is 29.3 Å². The fraction of sp³-hybridized carbons (Fsp3) is 0. The topological polar surface area (TPSA) is 58.7 Å². The standard InChI is InChI=1S/C14H9N3O2/c18-17(19)13-6-2-1-5-11(13)12-8-10-16-9-4-3-7-14(16)15-12/h1-7,9-10H. The van der Waals surface area contributed by atoms with Crippen LogP contribution in [0.1, 0.15) is 5.56 Å². The maximum absolute atomic E-state index is 11.0. The fourth-order valence-electron chi connectivity index (χ4n) is 1.90. The number of nitro groups is 1. The molecule has 0 bridgehead atoms. The van der Waals surface area contributed by atoms with Crippen LogP contribution in [-0.2, 0) is 0 Å². The molecule has 1 aromatic carbocycles. The Labute approximate surface area is 109 Å². The molecule has 1 aromatic rings. The van der Waals surface area contributed by atoms with Crippen LogP contribution in [0.3, 0.4) is 0 Å². The molecular weight excluding hydrogens is 242 g/mol. The third-order valence-electron chi connectivity index (χ3n) is 2.79. The van der Waals surface area contributed by atoms with E-state index in [2.05, 4.69) is 10.7 Å². The molecule has 0 saturated heterocycles. The van der Waals surface area contributed by atoms with Gasteiger partial charge in [0, 0.05) is 12.3 Å². The molecule has 5 nitrogen and oxygen atoms in total. The summed E-state index contributed by atoms with van der Waals surface area (Å²) in [4.78, 5) is 16.8. The Hall–Kier alpha value is -2.91. The number of nitro benzene ring substituents is 1. The zero-order valence-electron chi connectivity index (χ0n) is 9.85. The molecule has 0 amide bonds. The van der Waals surface area contributed by atoms with Crippen LogP contribution in [0.15, 0.2) is 65.6 Å². The second-order valence-corrected chi connectivity index (χ2v) is 3.97. The molecule has 0 spiro atoms. The van der Waals surface area contributed by atoms with E-state index in [9.17, 15) is 10.1 Å². The van der Waals surface area contributed by atoms with Crippen LogP contribution in [0.4, 0.5) is 5.69 Å². The van der Waals surface area contributed by atoms with Gasteiger partial charge in [-0.3, -0.25) is 10.1 Å². The van der Waals surface area contributed by atoms with Crippen molar-refractivity contribution in [3.05, 3.63) is 76.3 Å². The summed E-state index contributed by atoms with van der Waals surface area (Å²) in [6.07, 6.45) is 9.15. The summed E-state index contributed by atoms with van der Waals surface area (Å²) in [6.45, 7) is 0. The van der Waals surface area contributed by atoms with Gasteiger partial charge in [0.15, 0.2) is 0 Å². The molecule has 3 rings (SSSR count). The molecule has 0 aromatic heterocycles. The average Bonchev–Trinajstić information content (AvgIpc) is 2.46. The minimum atomic E-state index is -0.410. The van der Waals surface area contributed by atoms with Crippen molar-refractivity contribution in [2.75, 3.05) is 0 Å². The van der Waals surface area contributed by atoms with Crippen LogP contribution in [0.2, 0.25) is 0 Å². The summed E-state index contributed by atoms with van der Waals surface area (Å²) in [7, 11) is 0. The molecular formula is C14H9N3O2. The summed E-state index contributed by atoms with van der Waals surface area (Å²) >= 11 is 0. The van der Waals surface area contributed by atoms with Gasteiger partial charge in [-0.1, -0.05) is 23.9 Å². The summed E-state index contributed by atoms with van der Waals surface area (Å²) in [5.74, 6) is 0.717. The van der Waals surface area contributed by atoms with Gasteiger partial charge in [-0.25, -0.2) is 4.99 Å². The first-order valence-electron chi connectivity index (χ1n) is 5.68. The van der Waals surface area contributed by atoms with E-state index in [4.69, 9.17) is 0 Å². The predicted octanol–water partition coefficient (Wildman–Crippen LogP) is 2.85. The monoisotopic (exact) mass is 251 g/mol. The summed E-state index contributed by atoms with van der Waals surface area (Å²) in [5, 5.41) is 11.0. The maximum atomic E-state index is 11.0. The number of fused-ring (bicyclic) bond motifs is 1. The van der Waals surface area contributed by atoms with Gasteiger partial charge < -0.3 is 4.90 Å². The van der Waals surface area contributed by atoms with E-state index in [0.29, 0.717) is 11.3 Å². The number of aliphatic imine (C=N–C) groups is 1. The lowest BCUT2D eigenvalue weighted by Crippen LogP contribution is -2.21. The third kappa shape index (κ3) is 1.99. The molecule has 0 radical (unpaired) electrons. The second-order valence-electron chi connectivity index (χ2n) is 3.97. The van der Waals surface area contributed by atoms with Gasteiger partial charge in [-0.15, -0.1) is 0 Å². The predicted molar refractivity (Wildman–Crippen MR) is 72.1 cm³/mol. The molecule has 0 fully saturated rings. The first-order valence-corrected chi connectivity index (χ1v) is 5.68. The first-order chi connectivity index (χ1) is 9.25. The van der Waals surface area contributed by atoms with Gasteiger partial charge in [0.05, 0.1) is 16.7 Å². The molecule has 2 heterocycles. The zero-order chi connectivity index (χ0) is 13.2. The molecule has 92 valence electrons. The quantitative estimate of drug-likeness (QED) is 0.461. The van der Waals surface area contributed by atoms with Gasteiger partial charge in [0.2, 0.25) is 0 Å². The molecule has 0 saturated carbocycles. The van der Waals surface area contributed by atoms with Crippen molar-refractivity contribution in [3.8, 4) is 0 Å². The lowest BCUT2D eigenvalue weighted by Gasteiger charge is -2.19. The van der Waals surface area contributed by atoms with Crippen molar-refractivity contribution >= 4 is 17.2 Å².